The van der Waals surface area contributed by atoms with Crippen LogP contribution in [0.3, 0.4) is 0 Å². The summed E-state index contributed by atoms with van der Waals surface area (Å²) in [5.74, 6) is 0.702. The van der Waals surface area contributed by atoms with E-state index >= 15 is 0 Å². The van der Waals surface area contributed by atoms with Gasteiger partial charge in [-0.3, -0.25) is 4.98 Å². The minimum absolute atomic E-state index is 0.0803. The van der Waals surface area contributed by atoms with Gasteiger partial charge in [-0.2, -0.15) is 0 Å². The molecule has 3 nitrogen and oxygen atoms in total. The Bertz CT molecular complexity index is 577. The molecule has 0 bridgehead atoms. The van der Waals surface area contributed by atoms with E-state index in [4.69, 9.17) is 10.5 Å². The molecule has 2 atom stereocenters. The Morgan fingerprint density at radius 3 is 2.65 bits per heavy atom. The minimum atomic E-state index is -0.200. The van der Waals surface area contributed by atoms with Gasteiger partial charge in [0.2, 0.25) is 0 Å². The Balaban J connectivity index is 2.29. The molecule has 0 aliphatic rings. The zero-order valence-electron chi connectivity index (χ0n) is 11.1. The summed E-state index contributed by atoms with van der Waals surface area (Å²) in [5, 5.41) is 0. The Kier molecular flexibility index (Phi) is 5.57. The first-order chi connectivity index (χ1) is 9.60. The fourth-order valence-corrected chi connectivity index (χ4v) is 2.66. The van der Waals surface area contributed by atoms with Crippen molar-refractivity contribution in [1.82, 2.24) is 4.98 Å². The lowest BCUT2D eigenvalue weighted by Gasteiger charge is -2.24. The summed E-state index contributed by atoms with van der Waals surface area (Å²) in [6.45, 7) is 2.05. The van der Waals surface area contributed by atoms with E-state index in [0.29, 0.717) is 5.75 Å². The van der Waals surface area contributed by atoms with E-state index in [-0.39, 0.29) is 12.1 Å². The Labute approximate surface area is 135 Å². The third-order valence-electron chi connectivity index (χ3n) is 2.98. The Hall–Kier alpha value is -0.910. The molecule has 0 aliphatic heterocycles. The van der Waals surface area contributed by atoms with Crippen molar-refractivity contribution >= 4 is 31.9 Å². The smallest absolute Gasteiger partial charge is 0.139 e. The maximum Gasteiger partial charge on any atom is 0.139 e. The fourth-order valence-electron chi connectivity index (χ4n) is 1.90. The number of aromatic nitrogens is 1. The summed E-state index contributed by atoms with van der Waals surface area (Å²) < 4.78 is 7.95. The van der Waals surface area contributed by atoms with Crippen LogP contribution in [-0.4, -0.2) is 11.0 Å². The zero-order chi connectivity index (χ0) is 14.5. The number of hydrogen-bond donors (Lipinski definition) is 1. The van der Waals surface area contributed by atoms with Crippen molar-refractivity contribution in [2.75, 3.05) is 0 Å². The molecule has 0 amide bonds. The quantitative estimate of drug-likeness (QED) is 0.806. The second-order valence-corrected chi connectivity index (χ2v) is 6.34. The highest BCUT2D eigenvalue weighted by Gasteiger charge is 2.21. The van der Waals surface area contributed by atoms with Gasteiger partial charge in [0.05, 0.1) is 6.20 Å². The predicted octanol–water partition coefficient (Wildman–Crippen LogP) is 4.46. The van der Waals surface area contributed by atoms with Crippen LogP contribution < -0.4 is 10.5 Å². The summed E-state index contributed by atoms with van der Waals surface area (Å²) in [7, 11) is 0. The van der Waals surface area contributed by atoms with E-state index in [1.165, 1.54) is 0 Å². The Morgan fingerprint density at radius 1 is 1.20 bits per heavy atom. The van der Waals surface area contributed by atoms with E-state index in [1.54, 1.807) is 12.4 Å². The fraction of sp³-hybridized carbons (Fsp3) is 0.267. The molecule has 106 valence electrons. The van der Waals surface area contributed by atoms with Gasteiger partial charge in [0, 0.05) is 21.2 Å². The molecule has 2 N–H and O–H groups in total. The number of nitrogens with two attached hydrogens (primary N) is 1. The second-order valence-electron chi connectivity index (χ2n) is 4.50. The highest BCUT2D eigenvalue weighted by Crippen LogP contribution is 2.28. The molecule has 0 fully saturated rings. The third-order valence-corrected chi connectivity index (χ3v) is 3.91. The molecule has 2 unspecified atom stereocenters. The summed E-state index contributed by atoms with van der Waals surface area (Å²) in [6, 6.07) is 9.83. The molecule has 0 radical (unpaired) electrons. The lowest BCUT2D eigenvalue weighted by Crippen LogP contribution is -2.31. The van der Waals surface area contributed by atoms with Crippen LogP contribution >= 0.6 is 31.9 Å². The summed E-state index contributed by atoms with van der Waals surface area (Å²) >= 11 is 6.88. The first-order valence-corrected chi connectivity index (χ1v) is 7.97. The number of nitrogens with zero attached hydrogens (tertiary/aromatic N) is 1. The van der Waals surface area contributed by atoms with Gasteiger partial charge in [-0.25, -0.2) is 0 Å². The van der Waals surface area contributed by atoms with E-state index < -0.39 is 0 Å². The number of ether oxygens (including phenoxy) is 1. The van der Waals surface area contributed by atoms with Crippen LogP contribution in [0, 0.1) is 0 Å². The van der Waals surface area contributed by atoms with Crippen LogP contribution in [0.15, 0.2) is 51.7 Å². The standard InChI is InChI=1S/C15H16Br2N2O/c1-2-14(18)15(10-4-3-5-11(16)6-10)20-13-7-12(17)8-19-9-13/h3-9,14-15H,2,18H2,1H3. The van der Waals surface area contributed by atoms with Crippen molar-refractivity contribution in [3.8, 4) is 5.75 Å². The number of hydrogen-bond acceptors (Lipinski definition) is 3. The van der Waals surface area contributed by atoms with Gasteiger partial charge in [0.25, 0.3) is 0 Å². The van der Waals surface area contributed by atoms with Crippen LogP contribution in [0.25, 0.3) is 0 Å². The molecule has 1 heterocycles. The highest BCUT2D eigenvalue weighted by atomic mass is 79.9. The topological polar surface area (TPSA) is 48.1 Å². The molecule has 0 spiro atoms. The molecule has 1 aromatic heterocycles. The van der Waals surface area contributed by atoms with Gasteiger partial charge in [-0.15, -0.1) is 0 Å². The van der Waals surface area contributed by atoms with Crippen LogP contribution in [0.1, 0.15) is 25.0 Å². The van der Waals surface area contributed by atoms with E-state index in [1.807, 2.05) is 30.3 Å². The van der Waals surface area contributed by atoms with Crippen LogP contribution in [0.2, 0.25) is 0 Å². The van der Waals surface area contributed by atoms with Crippen LogP contribution in [-0.2, 0) is 0 Å². The van der Waals surface area contributed by atoms with Crippen molar-refractivity contribution in [3.05, 3.63) is 57.2 Å². The second kappa shape index (κ2) is 7.20. The van der Waals surface area contributed by atoms with Gasteiger partial charge in [-0.1, -0.05) is 35.0 Å². The molecule has 0 saturated carbocycles. The van der Waals surface area contributed by atoms with E-state index in [9.17, 15) is 0 Å². The molecule has 1 aromatic carbocycles. The molecule has 5 heteroatoms. The van der Waals surface area contributed by atoms with Crippen molar-refractivity contribution in [3.63, 3.8) is 0 Å². The molecule has 0 saturated heterocycles. The van der Waals surface area contributed by atoms with Gasteiger partial charge < -0.3 is 10.5 Å². The van der Waals surface area contributed by atoms with Gasteiger partial charge in [0.1, 0.15) is 11.9 Å². The van der Waals surface area contributed by atoms with Gasteiger partial charge in [-0.05, 0) is 46.1 Å². The molecule has 2 aromatic rings. The molecule has 2 rings (SSSR count). The van der Waals surface area contributed by atoms with Crippen molar-refractivity contribution in [2.24, 2.45) is 5.73 Å². The maximum absolute atomic E-state index is 6.21. The number of pyridine rings is 1. The van der Waals surface area contributed by atoms with Crippen molar-refractivity contribution < 1.29 is 4.74 Å². The molecule has 20 heavy (non-hydrogen) atoms. The average molecular weight is 400 g/mol. The lowest BCUT2D eigenvalue weighted by atomic mass is 10.0. The normalized spacial score (nSPS) is 13.8. The minimum Gasteiger partial charge on any atom is -0.482 e. The summed E-state index contributed by atoms with van der Waals surface area (Å²) in [4.78, 5) is 4.11. The van der Waals surface area contributed by atoms with Crippen LogP contribution in [0.5, 0.6) is 5.75 Å². The monoisotopic (exact) mass is 398 g/mol. The largest absolute Gasteiger partial charge is 0.482 e. The highest BCUT2D eigenvalue weighted by molar-refractivity contribution is 9.10. The van der Waals surface area contributed by atoms with E-state index in [0.717, 1.165) is 20.9 Å². The SMILES string of the molecule is CCC(N)C(Oc1cncc(Br)c1)c1cccc(Br)c1. The van der Waals surface area contributed by atoms with Crippen LogP contribution in [0.4, 0.5) is 0 Å². The van der Waals surface area contributed by atoms with E-state index in [2.05, 4.69) is 43.8 Å². The predicted molar refractivity (Wildman–Crippen MR) is 87.7 cm³/mol. The van der Waals surface area contributed by atoms with Gasteiger partial charge >= 0.3 is 0 Å². The third kappa shape index (κ3) is 4.04. The van der Waals surface area contributed by atoms with Crippen molar-refractivity contribution in [2.45, 2.75) is 25.5 Å². The number of halogens is 2. The lowest BCUT2D eigenvalue weighted by molar-refractivity contribution is 0.170. The van der Waals surface area contributed by atoms with Crippen molar-refractivity contribution in [1.29, 1.82) is 0 Å². The number of benzene rings is 1. The average Bonchev–Trinajstić information content (AvgIpc) is 2.44. The maximum atomic E-state index is 6.21. The first kappa shape index (κ1) is 15.5. The first-order valence-electron chi connectivity index (χ1n) is 6.38. The molecular formula is C15H16Br2N2O. The molecular weight excluding hydrogens is 384 g/mol. The molecule has 0 aliphatic carbocycles. The summed E-state index contributed by atoms with van der Waals surface area (Å²) in [5.41, 5.74) is 7.26. The van der Waals surface area contributed by atoms with Gasteiger partial charge in [0.15, 0.2) is 0 Å². The number of rotatable bonds is 5. The summed E-state index contributed by atoms with van der Waals surface area (Å²) in [6.07, 6.45) is 4.05. The zero-order valence-corrected chi connectivity index (χ0v) is 14.3. The Morgan fingerprint density at radius 2 is 2.00 bits per heavy atom.